The highest BCUT2D eigenvalue weighted by molar-refractivity contribution is 7.26. The van der Waals surface area contributed by atoms with Crippen molar-refractivity contribution in [1.29, 1.82) is 0 Å². The molecule has 0 saturated heterocycles. The molecule has 248 valence electrons. The first-order valence-corrected chi connectivity index (χ1v) is 18.8. The van der Waals surface area contributed by atoms with Gasteiger partial charge in [0.1, 0.15) is 11.2 Å². The maximum absolute atomic E-state index is 6.36. The van der Waals surface area contributed by atoms with Gasteiger partial charge in [0.25, 0.3) is 0 Å². The third-order valence-electron chi connectivity index (χ3n) is 10.6. The number of nitrogens with zero attached hydrogens (tertiary/aromatic N) is 1. The van der Waals surface area contributed by atoms with E-state index in [1.807, 2.05) is 17.4 Å². The van der Waals surface area contributed by atoms with Crippen molar-refractivity contribution in [2.75, 3.05) is 4.90 Å². The van der Waals surface area contributed by atoms with Crippen LogP contribution in [0, 0.1) is 0 Å². The number of hydrogen-bond donors (Lipinski definition) is 0. The topological polar surface area (TPSA) is 16.4 Å². The number of rotatable bonds is 5. The molecule has 0 spiro atoms. The minimum atomic E-state index is 0.896. The summed E-state index contributed by atoms with van der Waals surface area (Å²) in [6.07, 6.45) is 0. The Balaban J connectivity index is 1.29. The Morgan fingerprint density at radius 3 is 1.85 bits per heavy atom. The summed E-state index contributed by atoms with van der Waals surface area (Å²) in [4.78, 5) is 2.54. The van der Waals surface area contributed by atoms with Gasteiger partial charge in [-0.1, -0.05) is 146 Å². The summed E-state index contributed by atoms with van der Waals surface area (Å²) in [5, 5.41) is 9.71. The summed E-state index contributed by atoms with van der Waals surface area (Å²) in [5.41, 5.74) is 9.89. The highest BCUT2D eigenvalue weighted by Gasteiger charge is 2.26. The van der Waals surface area contributed by atoms with Gasteiger partial charge >= 0.3 is 0 Å². The van der Waals surface area contributed by atoms with Crippen LogP contribution < -0.4 is 4.90 Å². The van der Waals surface area contributed by atoms with Gasteiger partial charge in [0.2, 0.25) is 0 Å². The van der Waals surface area contributed by atoms with Gasteiger partial charge in [-0.15, -0.1) is 11.3 Å². The number of furan rings is 1. The van der Waals surface area contributed by atoms with E-state index in [1.54, 1.807) is 0 Å². The summed E-state index contributed by atoms with van der Waals surface area (Å²) in [5.74, 6) is 0. The van der Waals surface area contributed by atoms with Gasteiger partial charge in [0, 0.05) is 47.6 Å². The van der Waals surface area contributed by atoms with Crippen LogP contribution in [0.4, 0.5) is 17.1 Å². The fourth-order valence-electron chi connectivity index (χ4n) is 8.41. The molecule has 0 aliphatic heterocycles. The summed E-state index contributed by atoms with van der Waals surface area (Å²) in [6.45, 7) is 0. The Morgan fingerprint density at radius 1 is 0.396 bits per heavy atom. The minimum Gasteiger partial charge on any atom is -0.456 e. The molecule has 3 heteroatoms. The molecule has 2 aromatic heterocycles. The molecule has 0 amide bonds. The van der Waals surface area contributed by atoms with Gasteiger partial charge in [-0.25, -0.2) is 0 Å². The largest absolute Gasteiger partial charge is 0.456 e. The van der Waals surface area contributed by atoms with E-state index in [2.05, 4.69) is 187 Å². The Labute approximate surface area is 310 Å². The second-order valence-corrected chi connectivity index (χ2v) is 14.7. The molecule has 0 fully saturated rings. The zero-order chi connectivity index (χ0) is 34.9. The second-order valence-electron chi connectivity index (χ2n) is 13.6. The molecule has 0 saturated carbocycles. The van der Waals surface area contributed by atoms with Gasteiger partial charge in [0.05, 0.1) is 11.4 Å². The van der Waals surface area contributed by atoms with Crippen molar-refractivity contribution in [3.63, 3.8) is 0 Å². The quantitative estimate of drug-likeness (QED) is 0.167. The highest BCUT2D eigenvalue weighted by Crippen LogP contribution is 2.52. The van der Waals surface area contributed by atoms with Crippen LogP contribution in [0.15, 0.2) is 192 Å². The molecule has 53 heavy (non-hydrogen) atoms. The lowest BCUT2D eigenvalue weighted by atomic mass is 9.89. The number of thiophene rings is 1. The number of fused-ring (bicyclic) bond motifs is 9. The van der Waals surface area contributed by atoms with Crippen molar-refractivity contribution < 1.29 is 4.42 Å². The number of anilines is 3. The molecular weight excluding hydrogens is 663 g/mol. The van der Waals surface area contributed by atoms with Crippen LogP contribution in [0.1, 0.15) is 0 Å². The van der Waals surface area contributed by atoms with Crippen LogP contribution in [0.3, 0.4) is 0 Å². The van der Waals surface area contributed by atoms with Crippen molar-refractivity contribution in [2.24, 2.45) is 0 Å². The maximum atomic E-state index is 6.36. The molecule has 11 rings (SSSR count). The van der Waals surface area contributed by atoms with Crippen LogP contribution in [-0.4, -0.2) is 0 Å². The molecule has 0 atom stereocenters. The van der Waals surface area contributed by atoms with Crippen molar-refractivity contribution >= 4 is 92.1 Å². The van der Waals surface area contributed by atoms with Crippen LogP contribution in [0.2, 0.25) is 0 Å². The smallest absolute Gasteiger partial charge is 0.136 e. The van der Waals surface area contributed by atoms with Crippen LogP contribution in [0.25, 0.3) is 85.9 Å². The van der Waals surface area contributed by atoms with Crippen molar-refractivity contribution in [3.8, 4) is 22.3 Å². The van der Waals surface area contributed by atoms with Crippen molar-refractivity contribution in [2.45, 2.75) is 0 Å². The zero-order valence-electron chi connectivity index (χ0n) is 28.7. The molecule has 2 heterocycles. The second kappa shape index (κ2) is 11.9. The average Bonchev–Trinajstić information content (AvgIpc) is 3.80. The SMILES string of the molecule is c1ccc(-c2c(N(c3cccc(-c4cccc5oc6ccccc6c45)c3)c3cccc4sc5ccccc5c34)c3ccccc3c3ccccc23)cc1. The van der Waals surface area contributed by atoms with Gasteiger partial charge in [-0.3, -0.25) is 0 Å². The Hall–Kier alpha value is -6.68. The third-order valence-corrected chi connectivity index (χ3v) is 11.8. The van der Waals surface area contributed by atoms with E-state index < -0.39 is 0 Å². The molecule has 2 nitrogen and oxygen atoms in total. The van der Waals surface area contributed by atoms with Crippen molar-refractivity contribution in [1.82, 2.24) is 0 Å². The molecule has 0 unspecified atom stereocenters. The lowest BCUT2D eigenvalue weighted by molar-refractivity contribution is 0.669. The monoisotopic (exact) mass is 693 g/mol. The van der Waals surface area contributed by atoms with E-state index >= 15 is 0 Å². The van der Waals surface area contributed by atoms with E-state index in [9.17, 15) is 0 Å². The first-order valence-electron chi connectivity index (χ1n) is 18.0. The normalized spacial score (nSPS) is 11.8. The molecule has 9 aromatic carbocycles. The van der Waals surface area contributed by atoms with E-state index in [0.29, 0.717) is 0 Å². The summed E-state index contributed by atoms with van der Waals surface area (Å²) >= 11 is 1.86. The van der Waals surface area contributed by atoms with Crippen molar-refractivity contribution in [3.05, 3.63) is 188 Å². The molecule has 0 aliphatic carbocycles. The fourth-order valence-corrected chi connectivity index (χ4v) is 9.54. The first kappa shape index (κ1) is 30.0. The predicted molar refractivity (Wildman–Crippen MR) is 227 cm³/mol. The van der Waals surface area contributed by atoms with Gasteiger partial charge in [0.15, 0.2) is 0 Å². The molecule has 0 aliphatic rings. The molecule has 0 N–H and O–H groups in total. The third kappa shape index (κ3) is 4.64. The van der Waals surface area contributed by atoms with Crippen LogP contribution >= 0.6 is 11.3 Å². The van der Waals surface area contributed by atoms with Gasteiger partial charge < -0.3 is 9.32 Å². The Kier molecular flexibility index (Phi) is 6.76. The lowest BCUT2D eigenvalue weighted by Gasteiger charge is -2.31. The first-order chi connectivity index (χ1) is 26.3. The average molecular weight is 694 g/mol. The van der Waals surface area contributed by atoms with E-state index in [1.165, 1.54) is 52.8 Å². The predicted octanol–water partition coefficient (Wildman–Crippen LogP) is 15.1. The number of benzene rings is 9. The summed E-state index contributed by atoms with van der Waals surface area (Å²) in [7, 11) is 0. The Bertz CT molecular complexity index is 3190. The van der Waals surface area contributed by atoms with E-state index in [0.717, 1.165) is 50.1 Å². The van der Waals surface area contributed by atoms with Gasteiger partial charge in [-0.05, 0) is 75.3 Å². The minimum absolute atomic E-state index is 0.896. The zero-order valence-corrected chi connectivity index (χ0v) is 29.5. The summed E-state index contributed by atoms with van der Waals surface area (Å²) < 4.78 is 8.91. The fraction of sp³-hybridized carbons (Fsp3) is 0. The molecule has 0 bridgehead atoms. The van der Waals surface area contributed by atoms with Gasteiger partial charge in [-0.2, -0.15) is 0 Å². The number of hydrogen-bond acceptors (Lipinski definition) is 3. The molecule has 0 radical (unpaired) electrons. The Morgan fingerprint density at radius 2 is 1.00 bits per heavy atom. The maximum Gasteiger partial charge on any atom is 0.136 e. The lowest BCUT2D eigenvalue weighted by Crippen LogP contribution is -2.13. The van der Waals surface area contributed by atoms with E-state index in [-0.39, 0.29) is 0 Å². The highest BCUT2D eigenvalue weighted by atomic mass is 32.1. The molecular formula is C50H31NOS. The standard InChI is InChI=1S/C50H31NOS/c1-2-15-32(16-3-1)47-38-21-6-4-19-36(38)37-20-5-7-22-39(37)50(47)51(42-26-14-30-46-49(42)41-24-9-11-29-45(41)53-46)34-18-12-17-33(31-34)35-25-13-28-44-48(35)40-23-8-10-27-43(40)52-44/h1-31H. The van der Waals surface area contributed by atoms with Crippen LogP contribution in [-0.2, 0) is 0 Å². The summed E-state index contributed by atoms with van der Waals surface area (Å²) in [6, 6.07) is 68.1. The van der Waals surface area contributed by atoms with Crippen LogP contribution in [0.5, 0.6) is 0 Å². The van der Waals surface area contributed by atoms with E-state index in [4.69, 9.17) is 4.42 Å². The number of para-hydroxylation sites is 1. The molecule has 11 aromatic rings.